The normalized spacial score (nSPS) is 27.0. The van der Waals surface area contributed by atoms with Gasteiger partial charge in [-0.1, -0.05) is 32.9 Å². The molecule has 2 aliphatic rings. The lowest BCUT2D eigenvalue weighted by atomic mass is 9.77. The standard InChI is InChI=1S/C16H21NO2/c1-11-5-4-6-12(7-11)17-10-13-14(18)8-16(2,3)9-15(13)19/h4,6-7,10-11,18H,5,8-9H2,1-3H3. The van der Waals surface area contributed by atoms with Crippen molar-refractivity contribution in [2.24, 2.45) is 16.3 Å². The molecule has 1 unspecified atom stereocenters. The summed E-state index contributed by atoms with van der Waals surface area (Å²) in [4.78, 5) is 16.3. The fraction of sp³-hybridized carbons (Fsp3) is 0.500. The van der Waals surface area contributed by atoms with Crippen LogP contribution in [0, 0.1) is 11.3 Å². The van der Waals surface area contributed by atoms with E-state index in [2.05, 4.69) is 24.1 Å². The van der Waals surface area contributed by atoms with E-state index in [1.165, 1.54) is 6.21 Å². The second-order valence-corrected chi connectivity index (χ2v) is 6.27. The maximum Gasteiger partial charge on any atom is 0.168 e. The van der Waals surface area contributed by atoms with Gasteiger partial charge in [-0.15, -0.1) is 0 Å². The lowest BCUT2D eigenvalue weighted by molar-refractivity contribution is -0.117. The first-order chi connectivity index (χ1) is 8.87. The van der Waals surface area contributed by atoms with Gasteiger partial charge in [0.2, 0.25) is 0 Å². The third-order valence-electron chi connectivity index (χ3n) is 3.49. The number of aliphatic imine (C=N–C) groups is 1. The molecule has 0 bridgehead atoms. The summed E-state index contributed by atoms with van der Waals surface area (Å²) in [6.45, 7) is 6.11. The minimum atomic E-state index is -0.156. The number of hydrogen-bond donors (Lipinski definition) is 1. The zero-order valence-electron chi connectivity index (χ0n) is 11.8. The Bertz CT molecular complexity index is 507. The number of allylic oxidation sites excluding steroid dienone is 5. The van der Waals surface area contributed by atoms with Crippen LogP contribution in [0.3, 0.4) is 0 Å². The maximum atomic E-state index is 12.0. The van der Waals surface area contributed by atoms with Gasteiger partial charge in [0.25, 0.3) is 0 Å². The molecule has 0 heterocycles. The molecular weight excluding hydrogens is 238 g/mol. The van der Waals surface area contributed by atoms with Gasteiger partial charge in [0.15, 0.2) is 5.78 Å². The van der Waals surface area contributed by atoms with Crippen molar-refractivity contribution in [2.75, 3.05) is 0 Å². The van der Waals surface area contributed by atoms with E-state index in [0.29, 0.717) is 24.3 Å². The summed E-state index contributed by atoms with van der Waals surface area (Å²) in [6, 6.07) is 0. The maximum absolute atomic E-state index is 12.0. The summed E-state index contributed by atoms with van der Waals surface area (Å²) in [6.07, 6.45) is 9.64. The number of nitrogens with zero attached hydrogens (tertiary/aromatic N) is 1. The van der Waals surface area contributed by atoms with Crippen LogP contribution < -0.4 is 0 Å². The van der Waals surface area contributed by atoms with E-state index in [9.17, 15) is 9.90 Å². The molecule has 3 heteroatoms. The summed E-state index contributed by atoms with van der Waals surface area (Å²) in [7, 11) is 0. The quantitative estimate of drug-likeness (QED) is 0.768. The molecule has 0 aliphatic heterocycles. The van der Waals surface area contributed by atoms with E-state index in [1.807, 2.05) is 19.9 Å². The molecule has 0 radical (unpaired) electrons. The molecule has 19 heavy (non-hydrogen) atoms. The fourth-order valence-corrected chi connectivity index (χ4v) is 2.49. The molecule has 0 saturated carbocycles. The van der Waals surface area contributed by atoms with Crippen LogP contribution in [0.4, 0.5) is 0 Å². The molecule has 0 saturated heterocycles. The van der Waals surface area contributed by atoms with Gasteiger partial charge in [0.05, 0.1) is 11.3 Å². The Labute approximate surface area is 114 Å². The molecule has 0 aromatic rings. The molecule has 1 atom stereocenters. The van der Waals surface area contributed by atoms with Gasteiger partial charge in [-0.3, -0.25) is 9.79 Å². The van der Waals surface area contributed by atoms with Crippen LogP contribution in [0.25, 0.3) is 0 Å². The number of aliphatic hydroxyl groups excluding tert-OH is 1. The molecule has 2 rings (SSSR count). The molecule has 0 spiro atoms. The second kappa shape index (κ2) is 5.16. The van der Waals surface area contributed by atoms with Crippen LogP contribution in [0.5, 0.6) is 0 Å². The SMILES string of the molecule is CC1C=C(N=CC2=C(O)CC(C)(C)CC2=O)C=CC1. The highest BCUT2D eigenvalue weighted by molar-refractivity contribution is 6.14. The Hall–Kier alpha value is -1.64. The summed E-state index contributed by atoms with van der Waals surface area (Å²) in [5.74, 6) is 0.616. The van der Waals surface area contributed by atoms with Crippen LogP contribution in [-0.2, 0) is 4.79 Å². The zero-order valence-corrected chi connectivity index (χ0v) is 11.8. The number of carbonyl (C=O) groups is 1. The first-order valence-corrected chi connectivity index (χ1v) is 6.75. The van der Waals surface area contributed by atoms with Crippen molar-refractivity contribution in [1.29, 1.82) is 0 Å². The van der Waals surface area contributed by atoms with E-state index >= 15 is 0 Å². The molecule has 0 aromatic carbocycles. The van der Waals surface area contributed by atoms with Gasteiger partial charge >= 0.3 is 0 Å². The molecular formula is C16H21NO2. The topological polar surface area (TPSA) is 49.7 Å². The van der Waals surface area contributed by atoms with E-state index in [4.69, 9.17) is 0 Å². The van der Waals surface area contributed by atoms with Gasteiger partial charge in [-0.25, -0.2) is 0 Å². The highest BCUT2D eigenvalue weighted by Gasteiger charge is 2.32. The first-order valence-electron chi connectivity index (χ1n) is 6.75. The second-order valence-electron chi connectivity index (χ2n) is 6.27. The van der Waals surface area contributed by atoms with Crippen molar-refractivity contribution in [1.82, 2.24) is 0 Å². The van der Waals surface area contributed by atoms with E-state index in [0.717, 1.165) is 12.1 Å². The molecule has 0 aromatic heterocycles. The predicted octanol–water partition coefficient (Wildman–Crippen LogP) is 3.74. The van der Waals surface area contributed by atoms with E-state index in [1.54, 1.807) is 0 Å². The Morgan fingerprint density at radius 2 is 2.16 bits per heavy atom. The van der Waals surface area contributed by atoms with Gasteiger partial charge in [0.1, 0.15) is 5.76 Å². The van der Waals surface area contributed by atoms with Crippen LogP contribution in [-0.4, -0.2) is 17.1 Å². The number of rotatable bonds is 2. The number of hydrogen-bond acceptors (Lipinski definition) is 3. The minimum absolute atomic E-state index is 0.0223. The lowest BCUT2D eigenvalue weighted by Gasteiger charge is -2.28. The molecule has 2 aliphatic carbocycles. The van der Waals surface area contributed by atoms with Gasteiger partial charge in [-0.05, 0) is 23.8 Å². The third kappa shape index (κ3) is 3.43. The zero-order chi connectivity index (χ0) is 14.0. The molecule has 1 N–H and O–H groups in total. The Morgan fingerprint density at radius 3 is 2.79 bits per heavy atom. The number of ketones is 1. The van der Waals surface area contributed by atoms with Crippen LogP contribution in [0.15, 0.2) is 40.2 Å². The van der Waals surface area contributed by atoms with Crippen LogP contribution in [0.2, 0.25) is 0 Å². The highest BCUT2D eigenvalue weighted by atomic mass is 16.3. The molecule has 3 nitrogen and oxygen atoms in total. The van der Waals surface area contributed by atoms with Crippen molar-refractivity contribution in [3.63, 3.8) is 0 Å². The fourth-order valence-electron chi connectivity index (χ4n) is 2.49. The number of Topliss-reactive ketones (excluding diaryl/α,β-unsaturated/α-hetero) is 1. The van der Waals surface area contributed by atoms with Gasteiger partial charge in [-0.2, -0.15) is 0 Å². The van der Waals surface area contributed by atoms with Crippen LogP contribution >= 0.6 is 0 Å². The summed E-state index contributed by atoms with van der Waals surface area (Å²) < 4.78 is 0. The van der Waals surface area contributed by atoms with Crippen molar-refractivity contribution in [2.45, 2.75) is 40.0 Å². The first kappa shape index (κ1) is 13.8. The Kier molecular flexibility index (Phi) is 3.74. The smallest absolute Gasteiger partial charge is 0.168 e. The summed E-state index contributed by atoms with van der Waals surface area (Å²) in [5.41, 5.74) is 1.07. The molecule has 102 valence electrons. The predicted molar refractivity (Wildman–Crippen MR) is 77.2 cm³/mol. The third-order valence-corrected chi connectivity index (χ3v) is 3.49. The van der Waals surface area contributed by atoms with Crippen molar-refractivity contribution in [3.8, 4) is 0 Å². The average molecular weight is 259 g/mol. The Balaban J connectivity index is 2.19. The summed E-state index contributed by atoms with van der Waals surface area (Å²) >= 11 is 0. The lowest BCUT2D eigenvalue weighted by Crippen LogP contribution is -2.26. The Morgan fingerprint density at radius 1 is 1.42 bits per heavy atom. The summed E-state index contributed by atoms with van der Waals surface area (Å²) in [5, 5.41) is 9.99. The van der Waals surface area contributed by atoms with E-state index in [-0.39, 0.29) is 17.0 Å². The van der Waals surface area contributed by atoms with Crippen LogP contribution in [0.1, 0.15) is 40.0 Å². The van der Waals surface area contributed by atoms with Crippen molar-refractivity contribution in [3.05, 3.63) is 35.3 Å². The van der Waals surface area contributed by atoms with E-state index < -0.39 is 0 Å². The molecule has 0 amide bonds. The highest BCUT2D eigenvalue weighted by Crippen LogP contribution is 2.35. The minimum Gasteiger partial charge on any atom is -0.511 e. The molecule has 0 fully saturated rings. The van der Waals surface area contributed by atoms with Crippen molar-refractivity contribution >= 4 is 12.0 Å². The number of carbonyl (C=O) groups excluding carboxylic acids is 1. The monoisotopic (exact) mass is 259 g/mol. The number of aliphatic hydroxyl groups is 1. The average Bonchev–Trinajstić information content (AvgIpc) is 2.26. The van der Waals surface area contributed by atoms with Crippen molar-refractivity contribution < 1.29 is 9.90 Å². The largest absolute Gasteiger partial charge is 0.511 e. The van der Waals surface area contributed by atoms with Gasteiger partial charge < -0.3 is 5.11 Å². The van der Waals surface area contributed by atoms with Gasteiger partial charge in [0, 0.05) is 19.1 Å².